The number of hydrogen-bond donors (Lipinski definition) is 0. The van der Waals surface area contributed by atoms with Gasteiger partial charge in [0.15, 0.2) is 5.78 Å². The molecule has 0 aliphatic rings. The molecule has 1 aromatic rings. The maximum Gasteiger partial charge on any atom is 0.376 e. The number of carbonyl (C=O) groups excluding carboxylic acids is 2. The van der Waals surface area contributed by atoms with E-state index in [2.05, 4.69) is 9.78 Å². The Morgan fingerprint density at radius 3 is 2.67 bits per heavy atom. The van der Waals surface area contributed by atoms with E-state index in [1.165, 1.54) is 24.3 Å². The minimum Gasteiger partial charge on any atom is -0.294 e. The van der Waals surface area contributed by atoms with Crippen LogP contribution < -0.4 is 0 Å². The predicted molar refractivity (Wildman–Crippen MR) is 74.1 cm³/mol. The Labute approximate surface area is 121 Å². The van der Waals surface area contributed by atoms with Crippen LogP contribution in [0.25, 0.3) is 6.08 Å². The second-order valence-corrected chi connectivity index (χ2v) is 4.12. The highest BCUT2D eigenvalue weighted by atomic mass is 17.2. The van der Waals surface area contributed by atoms with Crippen LogP contribution in [0.5, 0.6) is 0 Å². The highest BCUT2D eigenvalue weighted by Gasteiger charge is 2.20. The SMILES string of the molecule is CCCC(=O)C(=Cc1cccc([N+](=O)[O-])c1)C(=O)OOC. The number of carbonyl (C=O) groups is 2. The first-order valence-electron chi connectivity index (χ1n) is 6.24. The number of Topliss-reactive ketones (excluding diaryl/α,β-unsaturated/α-hetero) is 1. The van der Waals surface area contributed by atoms with E-state index in [9.17, 15) is 19.7 Å². The maximum atomic E-state index is 11.9. The summed E-state index contributed by atoms with van der Waals surface area (Å²) >= 11 is 0. The Balaban J connectivity index is 3.17. The van der Waals surface area contributed by atoms with E-state index in [0.29, 0.717) is 12.0 Å². The highest BCUT2D eigenvalue weighted by molar-refractivity contribution is 6.20. The van der Waals surface area contributed by atoms with Crippen molar-refractivity contribution in [2.24, 2.45) is 0 Å². The van der Waals surface area contributed by atoms with E-state index in [1.54, 1.807) is 13.0 Å². The van der Waals surface area contributed by atoms with Crippen molar-refractivity contribution in [3.05, 3.63) is 45.5 Å². The number of hydrogen-bond acceptors (Lipinski definition) is 6. The lowest BCUT2D eigenvalue weighted by molar-refractivity contribution is -0.384. The molecule has 0 saturated carbocycles. The van der Waals surface area contributed by atoms with Crippen LogP contribution in [0.4, 0.5) is 5.69 Å². The molecule has 0 spiro atoms. The number of ketones is 1. The second kappa shape index (κ2) is 7.91. The van der Waals surface area contributed by atoms with Gasteiger partial charge in [0.25, 0.3) is 5.69 Å². The molecular weight excluding hydrogens is 278 g/mol. The van der Waals surface area contributed by atoms with Gasteiger partial charge in [-0.2, -0.15) is 4.89 Å². The first-order chi connectivity index (χ1) is 9.99. The van der Waals surface area contributed by atoms with Crippen LogP contribution in [0.15, 0.2) is 29.8 Å². The lowest BCUT2D eigenvalue weighted by Gasteiger charge is -2.04. The molecule has 1 aromatic carbocycles. The van der Waals surface area contributed by atoms with Crippen molar-refractivity contribution in [1.29, 1.82) is 0 Å². The van der Waals surface area contributed by atoms with Crippen LogP contribution >= 0.6 is 0 Å². The van der Waals surface area contributed by atoms with Crippen LogP contribution in [-0.2, 0) is 19.4 Å². The van der Waals surface area contributed by atoms with Gasteiger partial charge in [0.05, 0.1) is 12.0 Å². The van der Waals surface area contributed by atoms with E-state index in [-0.39, 0.29) is 17.7 Å². The summed E-state index contributed by atoms with van der Waals surface area (Å²) in [5.74, 6) is -1.34. The van der Waals surface area contributed by atoms with Crippen molar-refractivity contribution in [3.63, 3.8) is 0 Å². The van der Waals surface area contributed by atoms with Crippen molar-refractivity contribution in [1.82, 2.24) is 0 Å². The van der Waals surface area contributed by atoms with Gasteiger partial charge in [0.1, 0.15) is 5.57 Å². The zero-order valence-corrected chi connectivity index (χ0v) is 11.7. The first kappa shape index (κ1) is 16.5. The van der Waals surface area contributed by atoms with Crippen molar-refractivity contribution in [2.75, 3.05) is 7.11 Å². The summed E-state index contributed by atoms with van der Waals surface area (Å²) in [7, 11) is 1.15. The van der Waals surface area contributed by atoms with Crippen molar-refractivity contribution in [3.8, 4) is 0 Å². The quantitative estimate of drug-likeness (QED) is 0.191. The second-order valence-electron chi connectivity index (χ2n) is 4.12. The molecule has 0 bridgehead atoms. The molecule has 0 heterocycles. The monoisotopic (exact) mass is 293 g/mol. The Morgan fingerprint density at radius 2 is 2.10 bits per heavy atom. The molecule has 7 nitrogen and oxygen atoms in total. The number of rotatable bonds is 7. The lowest BCUT2D eigenvalue weighted by Crippen LogP contribution is -2.15. The van der Waals surface area contributed by atoms with Gasteiger partial charge in [-0.1, -0.05) is 19.1 Å². The van der Waals surface area contributed by atoms with Gasteiger partial charge in [-0.05, 0) is 18.1 Å². The summed E-state index contributed by atoms with van der Waals surface area (Å²) in [6.45, 7) is 1.80. The third-order valence-electron chi connectivity index (χ3n) is 2.55. The van der Waals surface area contributed by atoms with Gasteiger partial charge >= 0.3 is 5.97 Å². The fourth-order valence-corrected chi connectivity index (χ4v) is 1.63. The summed E-state index contributed by atoms with van der Waals surface area (Å²) in [4.78, 5) is 42.4. The topological polar surface area (TPSA) is 95.7 Å². The van der Waals surface area contributed by atoms with Gasteiger partial charge in [0.2, 0.25) is 0 Å². The molecule has 0 amide bonds. The molecule has 0 unspecified atom stereocenters. The van der Waals surface area contributed by atoms with E-state index in [1.807, 2.05) is 0 Å². The average Bonchev–Trinajstić information content (AvgIpc) is 2.45. The minimum atomic E-state index is -0.928. The third-order valence-corrected chi connectivity index (χ3v) is 2.55. The zero-order valence-electron chi connectivity index (χ0n) is 11.7. The van der Waals surface area contributed by atoms with Gasteiger partial charge in [-0.3, -0.25) is 19.8 Å². The van der Waals surface area contributed by atoms with E-state index < -0.39 is 16.7 Å². The fourth-order valence-electron chi connectivity index (χ4n) is 1.63. The Morgan fingerprint density at radius 1 is 1.38 bits per heavy atom. The van der Waals surface area contributed by atoms with Crippen LogP contribution in [0.2, 0.25) is 0 Å². The normalized spacial score (nSPS) is 11.0. The minimum absolute atomic E-state index is 0.133. The van der Waals surface area contributed by atoms with E-state index in [4.69, 9.17) is 0 Å². The van der Waals surface area contributed by atoms with E-state index in [0.717, 1.165) is 7.11 Å². The molecule has 21 heavy (non-hydrogen) atoms. The molecule has 0 saturated heterocycles. The molecule has 7 heteroatoms. The summed E-state index contributed by atoms with van der Waals surface area (Å²) in [6, 6.07) is 5.59. The number of nitrogens with zero attached hydrogens (tertiary/aromatic N) is 1. The van der Waals surface area contributed by atoms with Gasteiger partial charge < -0.3 is 0 Å². The number of nitro benzene ring substituents is 1. The Kier molecular flexibility index (Phi) is 6.22. The Bertz CT molecular complexity index is 559. The molecule has 112 valence electrons. The van der Waals surface area contributed by atoms with Crippen molar-refractivity contribution >= 4 is 23.5 Å². The molecule has 0 N–H and O–H groups in total. The standard InChI is InChI=1S/C14H15NO6/c1-3-5-13(16)12(14(17)21-20-2)9-10-6-4-7-11(8-10)15(18)19/h4,6-9H,3,5H2,1-2H3. The summed E-state index contributed by atoms with van der Waals surface area (Å²) in [5, 5.41) is 10.7. The van der Waals surface area contributed by atoms with Crippen LogP contribution in [0.3, 0.4) is 0 Å². The molecule has 0 fully saturated rings. The zero-order chi connectivity index (χ0) is 15.8. The van der Waals surface area contributed by atoms with Crippen molar-refractivity contribution < 1.29 is 24.3 Å². The summed E-state index contributed by atoms with van der Waals surface area (Å²) < 4.78 is 0. The first-order valence-corrected chi connectivity index (χ1v) is 6.24. The third kappa shape index (κ3) is 4.81. The number of benzene rings is 1. The van der Waals surface area contributed by atoms with Crippen LogP contribution in [0, 0.1) is 10.1 Å². The average molecular weight is 293 g/mol. The predicted octanol–water partition coefficient (Wildman–Crippen LogP) is 2.45. The van der Waals surface area contributed by atoms with Gasteiger partial charge in [0, 0.05) is 18.6 Å². The smallest absolute Gasteiger partial charge is 0.294 e. The molecule has 0 radical (unpaired) electrons. The largest absolute Gasteiger partial charge is 0.376 e. The maximum absolute atomic E-state index is 11.9. The Hall–Kier alpha value is -2.54. The summed E-state index contributed by atoms with van der Waals surface area (Å²) in [5.41, 5.74) is 0.0158. The highest BCUT2D eigenvalue weighted by Crippen LogP contribution is 2.17. The lowest BCUT2D eigenvalue weighted by atomic mass is 10.0. The fraction of sp³-hybridized carbons (Fsp3) is 0.286. The van der Waals surface area contributed by atoms with Crippen molar-refractivity contribution in [2.45, 2.75) is 19.8 Å². The number of non-ortho nitro benzene ring substituents is 1. The molecular formula is C14H15NO6. The van der Waals surface area contributed by atoms with Crippen LogP contribution in [0.1, 0.15) is 25.3 Å². The van der Waals surface area contributed by atoms with Crippen LogP contribution in [-0.4, -0.2) is 23.8 Å². The van der Waals surface area contributed by atoms with Gasteiger partial charge in [-0.15, -0.1) is 0 Å². The molecule has 0 atom stereocenters. The molecule has 0 aliphatic heterocycles. The summed E-state index contributed by atoms with van der Waals surface area (Å²) in [6.07, 6.45) is 1.98. The van der Waals surface area contributed by atoms with E-state index >= 15 is 0 Å². The number of nitro groups is 1. The van der Waals surface area contributed by atoms with Gasteiger partial charge in [-0.25, -0.2) is 4.79 Å². The molecule has 0 aromatic heterocycles. The molecule has 0 aliphatic carbocycles. The molecule has 1 rings (SSSR count).